The monoisotopic (exact) mass is 250 g/mol. The maximum Gasteiger partial charge on any atom is 0.0907 e. The summed E-state index contributed by atoms with van der Waals surface area (Å²) in [5, 5.41) is 0. The van der Waals surface area contributed by atoms with Gasteiger partial charge in [-0.15, -0.1) is 0 Å². The SMILES string of the molecule is Cc1ccccc1/C=C/O/C=C/c1ccccc1C. The van der Waals surface area contributed by atoms with Crippen LogP contribution in [0.15, 0.2) is 61.1 Å². The normalized spacial score (nSPS) is 11.3. The highest BCUT2D eigenvalue weighted by atomic mass is 16.5. The summed E-state index contributed by atoms with van der Waals surface area (Å²) in [7, 11) is 0. The Morgan fingerprint density at radius 3 is 1.53 bits per heavy atom. The summed E-state index contributed by atoms with van der Waals surface area (Å²) in [6, 6.07) is 16.4. The number of hydrogen-bond donors (Lipinski definition) is 0. The van der Waals surface area contributed by atoms with Crippen molar-refractivity contribution in [2.75, 3.05) is 0 Å². The van der Waals surface area contributed by atoms with Crippen molar-refractivity contribution in [3.05, 3.63) is 83.3 Å². The van der Waals surface area contributed by atoms with Crippen LogP contribution in [-0.2, 0) is 4.74 Å². The van der Waals surface area contributed by atoms with Gasteiger partial charge in [-0.2, -0.15) is 0 Å². The molecule has 1 heteroatoms. The van der Waals surface area contributed by atoms with Crippen molar-refractivity contribution in [2.45, 2.75) is 13.8 Å². The van der Waals surface area contributed by atoms with E-state index in [0.717, 1.165) is 0 Å². The molecule has 2 rings (SSSR count). The number of ether oxygens (including phenoxy) is 1. The fourth-order valence-electron chi connectivity index (χ4n) is 1.82. The Balaban J connectivity index is 1.94. The predicted octanol–water partition coefficient (Wildman–Crippen LogP) is 4.96. The van der Waals surface area contributed by atoms with Gasteiger partial charge in [0.2, 0.25) is 0 Å². The van der Waals surface area contributed by atoms with E-state index < -0.39 is 0 Å². The molecule has 96 valence electrons. The molecular formula is C18H18O. The molecular weight excluding hydrogens is 232 g/mol. The molecule has 0 aliphatic rings. The molecule has 2 aromatic carbocycles. The lowest BCUT2D eigenvalue weighted by molar-refractivity contribution is 0.410. The Morgan fingerprint density at radius 2 is 1.11 bits per heavy atom. The van der Waals surface area contributed by atoms with Crippen LogP contribution < -0.4 is 0 Å². The molecule has 0 aliphatic carbocycles. The van der Waals surface area contributed by atoms with Gasteiger partial charge in [0.25, 0.3) is 0 Å². The number of aryl methyl sites for hydroxylation is 2. The quantitative estimate of drug-likeness (QED) is 0.697. The fraction of sp³-hybridized carbons (Fsp3) is 0.111. The van der Waals surface area contributed by atoms with Gasteiger partial charge in [0.05, 0.1) is 12.5 Å². The Hall–Kier alpha value is -2.28. The lowest BCUT2D eigenvalue weighted by Gasteiger charge is -1.99. The minimum atomic E-state index is 1.17. The van der Waals surface area contributed by atoms with E-state index >= 15 is 0 Å². The van der Waals surface area contributed by atoms with Gasteiger partial charge in [0.15, 0.2) is 0 Å². The summed E-state index contributed by atoms with van der Waals surface area (Å²) in [5.74, 6) is 0. The van der Waals surface area contributed by atoms with Crippen molar-refractivity contribution in [3.63, 3.8) is 0 Å². The van der Waals surface area contributed by atoms with Crippen molar-refractivity contribution >= 4 is 12.2 Å². The smallest absolute Gasteiger partial charge is 0.0907 e. The van der Waals surface area contributed by atoms with Gasteiger partial charge in [0, 0.05) is 0 Å². The zero-order valence-electron chi connectivity index (χ0n) is 11.3. The molecule has 0 N–H and O–H groups in total. The summed E-state index contributed by atoms with van der Waals surface area (Å²) in [6.07, 6.45) is 7.35. The molecule has 0 saturated heterocycles. The van der Waals surface area contributed by atoms with Crippen LogP contribution >= 0.6 is 0 Å². The van der Waals surface area contributed by atoms with Crippen LogP contribution in [0.4, 0.5) is 0 Å². The molecule has 0 amide bonds. The number of rotatable bonds is 4. The van der Waals surface area contributed by atoms with Crippen LogP contribution in [0.25, 0.3) is 12.2 Å². The third-order valence-electron chi connectivity index (χ3n) is 3.03. The molecule has 0 aliphatic heterocycles. The van der Waals surface area contributed by atoms with Gasteiger partial charge in [-0.05, 0) is 48.3 Å². The summed E-state index contributed by atoms with van der Waals surface area (Å²) < 4.78 is 5.39. The topological polar surface area (TPSA) is 9.23 Å². The highest BCUT2D eigenvalue weighted by molar-refractivity contribution is 5.54. The average molecular weight is 250 g/mol. The molecule has 0 radical (unpaired) electrons. The zero-order valence-corrected chi connectivity index (χ0v) is 11.3. The molecule has 0 fully saturated rings. The second-order valence-corrected chi connectivity index (χ2v) is 4.45. The first-order valence-corrected chi connectivity index (χ1v) is 6.37. The highest BCUT2D eigenvalue weighted by Gasteiger charge is 1.91. The van der Waals surface area contributed by atoms with Gasteiger partial charge in [0.1, 0.15) is 0 Å². The van der Waals surface area contributed by atoms with E-state index in [4.69, 9.17) is 4.74 Å². The minimum absolute atomic E-state index is 1.17. The average Bonchev–Trinajstić information content (AvgIpc) is 2.42. The van der Waals surface area contributed by atoms with Crippen molar-refractivity contribution in [2.24, 2.45) is 0 Å². The maximum atomic E-state index is 5.39. The number of benzene rings is 2. The lowest BCUT2D eigenvalue weighted by atomic mass is 10.1. The fourth-order valence-corrected chi connectivity index (χ4v) is 1.82. The molecule has 1 nitrogen and oxygen atoms in total. The Labute approximate surface area is 114 Å². The molecule has 0 spiro atoms. The van der Waals surface area contributed by atoms with E-state index in [2.05, 4.69) is 38.1 Å². The number of hydrogen-bond acceptors (Lipinski definition) is 1. The van der Waals surface area contributed by atoms with E-state index in [0.29, 0.717) is 0 Å². The van der Waals surface area contributed by atoms with E-state index in [1.807, 2.05) is 36.4 Å². The van der Waals surface area contributed by atoms with Gasteiger partial charge in [-0.25, -0.2) is 0 Å². The lowest BCUT2D eigenvalue weighted by Crippen LogP contribution is -1.79. The molecule has 0 heterocycles. The third-order valence-corrected chi connectivity index (χ3v) is 3.03. The molecule has 0 unspecified atom stereocenters. The molecule has 0 aromatic heterocycles. The first kappa shape index (κ1) is 13.2. The Kier molecular flexibility index (Phi) is 4.57. The molecule has 0 bridgehead atoms. The van der Waals surface area contributed by atoms with Crippen LogP contribution in [0, 0.1) is 13.8 Å². The van der Waals surface area contributed by atoms with Crippen LogP contribution in [0.1, 0.15) is 22.3 Å². The van der Waals surface area contributed by atoms with Crippen molar-refractivity contribution < 1.29 is 4.74 Å². The minimum Gasteiger partial charge on any atom is -0.473 e. The first-order chi connectivity index (χ1) is 9.27. The highest BCUT2D eigenvalue weighted by Crippen LogP contribution is 2.10. The molecule has 0 atom stereocenters. The predicted molar refractivity (Wildman–Crippen MR) is 81.5 cm³/mol. The largest absolute Gasteiger partial charge is 0.473 e. The van der Waals surface area contributed by atoms with Crippen molar-refractivity contribution in [1.82, 2.24) is 0 Å². The van der Waals surface area contributed by atoms with Crippen LogP contribution in [0.5, 0.6) is 0 Å². The van der Waals surface area contributed by atoms with Crippen LogP contribution in [0.3, 0.4) is 0 Å². The van der Waals surface area contributed by atoms with Gasteiger partial charge >= 0.3 is 0 Å². The Morgan fingerprint density at radius 1 is 0.684 bits per heavy atom. The second kappa shape index (κ2) is 6.60. The Bertz CT molecular complexity index is 541. The first-order valence-electron chi connectivity index (χ1n) is 6.37. The van der Waals surface area contributed by atoms with Crippen molar-refractivity contribution in [1.29, 1.82) is 0 Å². The van der Waals surface area contributed by atoms with E-state index in [1.54, 1.807) is 12.5 Å². The summed E-state index contributed by atoms with van der Waals surface area (Å²) >= 11 is 0. The van der Waals surface area contributed by atoms with Gasteiger partial charge in [-0.1, -0.05) is 48.5 Å². The zero-order chi connectivity index (χ0) is 13.5. The van der Waals surface area contributed by atoms with E-state index in [1.165, 1.54) is 22.3 Å². The second-order valence-electron chi connectivity index (χ2n) is 4.45. The molecule has 0 saturated carbocycles. The maximum absolute atomic E-state index is 5.39. The summed E-state index contributed by atoms with van der Waals surface area (Å²) in [6.45, 7) is 4.17. The van der Waals surface area contributed by atoms with E-state index in [9.17, 15) is 0 Å². The summed E-state index contributed by atoms with van der Waals surface area (Å²) in [4.78, 5) is 0. The molecule has 2 aromatic rings. The van der Waals surface area contributed by atoms with Crippen LogP contribution in [0.2, 0.25) is 0 Å². The van der Waals surface area contributed by atoms with Gasteiger partial charge in [-0.3, -0.25) is 0 Å². The standard InChI is InChI=1S/C18H18O/c1-15-7-3-5-9-17(15)11-13-19-14-12-18-10-6-4-8-16(18)2/h3-14H,1-2H3/b13-11+,14-12+. The van der Waals surface area contributed by atoms with Crippen LogP contribution in [-0.4, -0.2) is 0 Å². The van der Waals surface area contributed by atoms with Crippen molar-refractivity contribution in [3.8, 4) is 0 Å². The molecule has 19 heavy (non-hydrogen) atoms. The van der Waals surface area contributed by atoms with Gasteiger partial charge < -0.3 is 4.74 Å². The van der Waals surface area contributed by atoms with E-state index in [-0.39, 0.29) is 0 Å². The summed E-state index contributed by atoms with van der Waals surface area (Å²) in [5.41, 5.74) is 4.83. The third kappa shape index (κ3) is 3.85.